The van der Waals surface area contributed by atoms with Gasteiger partial charge in [-0.25, -0.2) is 8.42 Å². The molecule has 118 valence electrons. The van der Waals surface area contributed by atoms with E-state index in [0.717, 1.165) is 0 Å². The lowest BCUT2D eigenvalue weighted by molar-refractivity contribution is 0.0669. The lowest BCUT2D eigenvalue weighted by Gasteiger charge is -2.21. The van der Waals surface area contributed by atoms with Gasteiger partial charge >= 0.3 is 0 Å². The highest BCUT2D eigenvalue weighted by molar-refractivity contribution is 8.13. The van der Waals surface area contributed by atoms with Crippen molar-refractivity contribution in [2.45, 2.75) is 18.7 Å². The third-order valence-corrected chi connectivity index (χ3v) is 4.62. The molecule has 8 heteroatoms. The Labute approximate surface area is 134 Å². The summed E-state index contributed by atoms with van der Waals surface area (Å²) in [6.45, 7) is 5.60. The van der Waals surface area contributed by atoms with E-state index in [4.69, 9.17) is 27.0 Å². The van der Waals surface area contributed by atoms with E-state index in [1.54, 1.807) is 4.90 Å². The second-order valence-electron chi connectivity index (χ2n) is 4.16. The maximum Gasteiger partial charge on any atom is 0.262 e. The molecule has 0 spiro atoms. The van der Waals surface area contributed by atoms with E-state index in [9.17, 15) is 13.2 Å². The van der Waals surface area contributed by atoms with Gasteiger partial charge in [-0.2, -0.15) is 0 Å². The smallest absolute Gasteiger partial charge is 0.262 e. The fourth-order valence-corrected chi connectivity index (χ4v) is 3.22. The Bertz CT molecular complexity index is 604. The first-order valence-corrected chi connectivity index (χ1v) is 9.11. The van der Waals surface area contributed by atoms with Gasteiger partial charge in [0.25, 0.3) is 15.0 Å². The van der Waals surface area contributed by atoms with Gasteiger partial charge in [0.2, 0.25) is 0 Å². The number of ether oxygens (including phenoxy) is 1. The number of likely N-dealkylation sites (N-methyl/N-ethyl adjacent to an activating group) is 1. The average molecular weight is 354 g/mol. The first kappa shape index (κ1) is 18.2. The lowest BCUT2D eigenvalue weighted by atomic mass is 10.2. The summed E-state index contributed by atoms with van der Waals surface area (Å²) in [5, 5.41) is -0.0149. The van der Waals surface area contributed by atoms with Crippen molar-refractivity contribution in [3.63, 3.8) is 0 Å². The molecule has 21 heavy (non-hydrogen) atoms. The number of nitrogens with zero attached hydrogens (tertiary/aromatic N) is 1. The Morgan fingerprint density at radius 3 is 2.52 bits per heavy atom. The average Bonchev–Trinajstić information content (AvgIpc) is 2.42. The molecule has 0 aliphatic rings. The van der Waals surface area contributed by atoms with Crippen LogP contribution >= 0.6 is 22.3 Å². The first-order chi connectivity index (χ1) is 9.81. The molecule has 0 fully saturated rings. The molecule has 1 aromatic carbocycles. The molecule has 0 saturated heterocycles. The van der Waals surface area contributed by atoms with Crippen LogP contribution in [0.4, 0.5) is 0 Å². The van der Waals surface area contributed by atoms with Gasteiger partial charge < -0.3 is 9.64 Å². The Balaban J connectivity index is 3.01. The fraction of sp³-hybridized carbons (Fsp3) is 0.462. The molecule has 0 aromatic heterocycles. The van der Waals surface area contributed by atoms with Crippen LogP contribution in [0.5, 0.6) is 0 Å². The predicted molar refractivity (Wildman–Crippen MR) is 82.6 cm³/mol. The monoisotopic (exact) mass is 353 g/mol. The molecular weight excluding hydrogens is 337 g/mol. The van der Waals surface area contributed by atoms with Crippen LogP contribution < -0.4 is 0 Å². The summed E-state index contributed by atoms with van der Waals surface area (Å²) in [6, 6.07) is 4.01. The summed E-state index contributed by atoms with van der Waals surface area (Å²) in [7, 11) is 1.30. The number of amides is 1. The quantitative estimate of drug-likeness (QED) is 0.558. The summed E-state index contributed by atoms with van der Waals surface area (Å²) in [4.78, 5) is 13.6. The van der Waals surface area contributed by atoms with Gasteiger partial charge in [0.05, 0.1) is 11.6 Å². The predicted octanol–water partition coefficient (Wildman–Crippen LogP) is 2.77. The molecule has 0 atom stereocenters. The number of halogens is 2. The Morgan fingerprint density at radius 1 is 1.33 bits per heavy atom. The highest BCUT2D eigenvalue weighted by atomic mass is 35.7. The highest BCUT2D eigenvalue weighted by Crippen LogP contribution is 2.26. The third kappa shape index (κ3) is 5.14. The van der Waals surface area contributed by atoms with Gasteiger partial charge in [0.15, 0.2) is 0 Å². The molecule has 1 rings (SSSR count). The summed E-state index contributed by atoms with van der Waals surface area (Å²) in [6.07, 6.45) is 0. The molecule has 0 radical (unpaired) electrons. The number of rotatable bonds is 7. The number of hydrogen-bond acceptors (Lipinski definition) is 4. The van der Waals surface area contributed by atoms with Crippen LogP contribution in [-0.4, -0.2) is 45.5 Å². The van der Waals surface area contributed by atoms with Crippen LogP contribution in [0.1, 0.15) is 24.2 Å². The molecule has 0 unspecified atom stereocenters. The van der Waals surface area contributed by atoms with Crippen molar-refractivity contribution in [2.24, 2.45) is 0 Å². The van der Waals surface area contributed by atoms with Crippen LogP contribution in [0.2, 0.25) is 5.02 Å². The van der Waals surface area contributed by atoms with E-state index < -0.39 is 9.05 Å². The lowest BCUT2D eigenvalue weighted by Crippen LogP contribution is -2.34. The Kier molecular flexibility index (Phi) is 6.93. The molecule has 5 nitrogen and oxygen atoms in total. The highest BCUT2D eigenvalue weighted by Gasteiger charge is 2.20. The van der Waals surface area contributed by atoms with Crippen molar-refractivity contribution < 1.29 is 17.9 Å². The minimum absolute atomic E-state index is 0.0149. The van der Waals surface area contributed by atoms with Crippen LogP contribution in [0, 0.1) is 0 Å². The molecule has 0 N–H and O–H groups in total. The molecule has 0 saturated carbocycles. The number of hydrogen-bond donors (Lipinski definition) is 0. The van der Waals surface area contributed by atoms with E-state index in [0.29, 0.717) is 26.3 Å². The van der Waals surface area contributed by atoms with Gasteiger partial charge in [-0.1, -0.05) is 11.6 Å². The van der Waals surface area contributed by atoms with Crippen LogP contribution in [0.15, 0.2) is 23.1 Å². The molecule has 1 aromatic rings. The zero-order valence-electron chi connectivity index (χ0n) is 11.8. The number of benzene rings is 1. The minimum atomic E-state index is -4.00. The maximum absolute atomic E-state index is 12.3. The topological polar surface area (TPSA) is 63.7 Å². The largest absolute Gasteiger partial charge is 0.380 e. The molecule has 0 aliphatic heterocycles. The SMILES string of the molecule is CCOCCN(CC)C(=O)c1ccc(Cl)c(S(=O)(=O)Cl)c1. The van der Waals surface area contributed by atoms with Gasteiger partial charge in [-0.15, -0.1) is 0 Å². The van der Waals surface area contributed by atoms with Crippen molar-refractivity contribution in [2.75, 3.05) is 26.3 Å². The first-order valence-electron chi connectivity index (χ1n) is 6.42. The Hall–Kier alpha value is -0.820. The zero-order chi connectivity index (χ0) is 16.0. The minimum Gasteiger partial charge on any atom is -0.380 e. The summed E-state index contributed by atoms with van der Waals surface area (Å²) in [5.74, 6) is -0.296. The summed E-state index contributed by atoms with van der Waals surface area (Å²) >= 11 is 5.79. The Morgan fingerprint density at radius 2 is 2.00 bits per heavy atom. The van der Waals surface area contributed by atoms with E-state index in [2.05, 4.69) is 0 Å². The molecule has 1 amide bonds. The van der Waals surface area contributed by atoms with Gasteiger partial charge in [0.1, 0.15) is 4.90 Å². The summed E-state index contributed by atoms with van der Waals surface area (Å²) in [5.41, 5.74) is 0.219. The molecule has 0 aliphatic carbocycles. The van der Waals surface area contributed by atoms with E-state index in [1.807, 2.05) is 13.8 Å². The zero-order valence-corrected chi connectivity index (χ0v) is 14.1. The van der Waals surface area contributed by atoms with E-state index in [-0.39, 0.29) is 21.4 Å². The summed E-state index contributed by atoms with van der Waals surface area (Å²) < 4.78 is 28.0. The van der Waals surface area contributed by atoms with Crippen molar-refractivity contribution in [1.29, 1.82) is 0 Å². The molecular formula is C13H17Cl2NO4S. The second-order valence-corrected chi connectivity index (χ2v) is 7.11. The molecule has 0 bridgehead atoms. The fourth-order valence-electron chi connectivity index (χ4n) is 1.73. The van der Waals surface area contributed by atoms with Crippen molar-refractivity contribution in [3.05, 3.63) is 28.8 Å². The van der Waals surface area contributed by atoms with Crippen LogP contribution in [0.3, 0.4) is 0 Å². The van der Waals surface area contributed by atoms with Crippen molar-refractivity contribution in [3.8, 4) is 0 Å². The normalized spacial score (nSPS) is 11.4. The van der Waals surface area contributed by atoms with Crippen molar-refractivity contribution >= 4 is 37.2 Å². The van der Waals surface area contributed by atoms with Gasteiger partial charge in [0, 0.05) is 35.9 Å². The number of carbonyl (C=O) groups excluding carboxylic acids is 1. The van der Waals surface area contributed by atoms with Crippen LogP contribution in [-0.2, 0) is 13.8 Å². The second kappa shape index (κ2) is 7.98. The van der Waals surface area contributed by atoms with Gasteiger partial charge in [-0.3, -0.25) is 4.79 Å². The van der Waals surface area contributed by atoms with Crippen LogP contribution in [0.25, 0.3) is 0 Å². The number of carbonyl (C=O) groups is 1. The molecule has 0 heterocycles. The maximum atomic E-state index is 12.3. The third-order valence-electron chi connectivity index (χ3n) is 2.82. The van der Waals surface area contributed by atoms with E-state index in [1.165, 1.54) is 18.2 Å². The van der Waals surface area contributed by atoms with E-state index >= 15 is 0 Å². The van der Waals surface area contributed by atoms with Crippen molar-refractivity contribution in [1.82, 2.24) is 4.90 Å². The standard InChI is InChI=1S/C13H17Cl2NO4S/c1-3-16(7-8-20-4-2)13(17)10-5-6-11(14)12(9-10)21(15,18)19/h5-6,9H,3-4,7-8H2,1-2H3. The van der Waals surface area contributed by atoms with Gasteiger partial charge in [-0.05, 0) is 32.0 Å².